The number of thiophene rings is 1. The summed E-state index contributed by atoms with van der Waals surface area (Å²) in [4.78, 5) is 4.12. The molecular weight excluding hydrogens is 316 g/mol. The maximum atomic E-state index is 6.02. The summed E-state index contributed by atoms with van der Waals surface area (Å²) >= 11 is 8.77. The summed E-state index contributed by atoms with van der Waals surface area (Å²) in [6.07, 6.45) is 4.58. The van der Waals surface area contributed by atoms with Crippen molar-refractivity contribution in [2.45, 2.75) is 30.3 Å². The Balaban J connectivity index is 2.01. The molecule has 0 amide bonds. The summed E-state index contributed by atoms with van der Waals surface area (Å²) in [5.74, 6) is 0. The summed E-state index contributed by atoms with van der Waals surface area (Å²) in [5, 5.41) is 4.35. The molecule has 1 saturated carbocycles. The molecule has 1 aliphatic carbocycles. The lowest BCUT2D eigenvalue weighted by atomic mass is 10.1. The van der Waals surface area contributed by atoms with E-state index in [0.29, 0.717) is 11.0 Å². The van der Waals surface area contributed by atoms with Crippen molar-refractivity contribution in [3.8, 4) is 0 Å². The first-order valence-electron chi connectivity index (χ1n) is 6.95. The summed E-state index contributed by atoms with van der Waals surface area (Å²) < 4.78 is 0. The first-order valence-corrected chi connectivity index (χ1v) is 9.53. The molecule has 1 heterocycles. The van der Waals surface area contributed by atoms with Crippen molar-refractivity contribution in [1.82, 2.24) is 0 Å². The molecule has 0 unspecified atom stereocenters. The minimum absolute atomic E-state index is 0.492. The van der Waals surface area contributed by atoms with Crippen molar-refractivity contribution in [3.05, 3.63) is 46.2 Å². The van der Waals surface area contributed by atoms with Gasteiger partial charge in [-0.25, -0.2) is 0 Å². The fourth-order valence-electron chi connectivity index (χ4n) is 2.55. The smallest absolute Gasteiger partial charge is 0.107 e. The van der Waals surface area contributed by atoms with Crippen LogP contribution in [0.25, 0.3) is 0 Å². The minimum Gasteiger partial charge on any atom is -0.389 e. The average Bonchev–Trinajstić information content (AvgIpc) is 3.20. The van der Waals surface area contributed by atoms with Crippen LogP contribution in [-0.2, 0) is 6.54 Å². The van der Waals surface area contributed by atoms with Crippen molar-refractivity contribution in [1.29, 1.82) is 0 Å². The molecule has 1 aliphatic rings. The number of nitrogens with two attached hydrogens (primary N) is 1. The van der Waals surface area contributed by atoms with E-state index in [9.17, 15) is 0 Å². The molecule has 2 N–H and O–H groups in total. The third kappa shape index (κ3) is 3.25. The van der Waals surface area contributed by atoms with Crippen LogP contribution in [0.2, 0.25) is 0 Å². The van der Waals surface area contributed by atoms with Crippen molar-refractivity contribution in [2.75, 3.05) is 11.2 Å². The van der Waals surface area contributed by atoms with Gasteiger partial charge in [0.05, 0.1) is 0 Å². The molecule has 0 saturated heterocycles. The molecule has 0 bridgehead atoms. The van der Waals surface area contributed by atoms with Gasteiger partial charge in [-0.05, 0) is 53.6 Å². The first kappa shape index (κ1) is 14.9. The molecule has 5 heteroatoms. The number of thioether (sulfide) groups is 1. The van der Waals surface area contributed by atoms with Gasteiger partial charge in [-0.3, -0.25) is 0 Å². The van der Waals surface area contributed by atoms with Gasteiger partial charge in [0.25, 0.3) is 0 Å². The minimum atomic E-state index is 0.492. The highest BCUT2D eigenvalue weighted by Gasteiger charge is 2.31. The number of hydrogen-bond donors (Lipinski definition) is 1. The van der Waals surface area contributed by atoms with Crippen LogP contribution in [0, 0.1) is 0 Å². The molecule has 110 valence electrons. The molecule has 1 aromatic heterocycles. The topological polar surface area (TPSA) is 29.3 Å². The predicted molar refractivity (Wildman–Crippen MR) is 97.6 cm³/mol. The number of nitrogens with zero attached hydrogens (tertiary/aromatic N) is 1. The van der Waals surface area contributed by atoms with E-state index in [1.165, 1.54) is 24.1 Å². The fourth-order valence-corrected chi connectivity index (χ4v) is 4.13. The van der Waals surface area contributed by atoms with Crippen molar-refractivity contribution in [2.24, 2.45) is 5.73 Å². The standard InChI is InChI=1S/C16H18N2S3/c1-20-14-4-2-3-13(15(14)16(17)19)18(12-5-6-12)9-11-7-8-21-10-11/h2-4,7-8,10,12H,5-6,9H2,1H3,(H2,17,19). The molecule has 0 aliphatic heterocycles. The Hall–Kier alpha value is -1.04. The zero-order valence-corrected chi connectivity index (χ0v) is 14.4. The van der Waals surface area contributed by atoms with E-state index < -0.39 is 0 Å². The summed E-state index contributed by atoms with van der Waals surface area (Å²) in [6.45, 7) is 0.932. The van der Waals surface area contributed by atoms with Gasteiger partial charge in [0.1, 0.15) is 4.99 Å². The predicted octanol–water partition coefficient (Wildman–Crippen LogP) is 4.27. The van der Waals surface area contributed by atoms with Crippen LogP contribution in [0.15, 0.2) is 39.9 Å². The number of anilines is 1. The Labute approximate surface area is 139 Å². The van der Waals surface area contributed by atoms with E-state index in [4.69, 9.17) is 18.0 Å². The molecule has 0 atom stereocenters. The zero-order chi connectivity index (χ0) is 14.8. The second kappa shape index (κ2) is 6.38. The van der Waals surface area contributed by atoms with Crippen molar-refractivity contribution < 1.29 is 0 Å². The van der Waals surface area contributed by atoms with E-state index >= 15 is 0 Å². The Morgan fingerprint density at radius 1 is 1.43 bits per heavy atom. The summed E-state index contributed by atoms with van der Waals surface area (Å²) in [7, 11) is 0. The van der Waals surface area contributed by atoms with Crippen LogP contribution in [-0.4, -0.2) is 17.3 Å². The fraction of sp³-hybridized carbons (Fsp3) is 0.312. The van der Waals surface area contributed by atoms with E-state index in [2.05, 4.69) is 46.2 Å². The second-order valence-corrected chi connectivity index (χ2v) is 7.28. The van der Waals surface area contributed by atoms with Crippen LogP contribution in [0.3, 0.4) is 0 Å². The van der Waals surface area contributed by atoms with Gasteiger partial charge >= 0.3 is 0 Å². The van der Waals surface area contributed by atoms with Gasteiger partial charge in [0.15, 0.2) is 0 Å². The SMILES string of the molecule is CSc1cccc(N(Cc2ccsc2)C2CC2)c1C(N)=S. The van der Waals surface area contributed by atoms with Gasteiger partial charge in [-0.1, -0.05) is 18.3 Å². The molecule has 0 spiro atoms. The summed E-state index contributed by atoms with van der Waals surface area (Å²) in [5.41, 5.74) is 9.59. The number of hydrogen-bond acceptors (Lipinski definition) is 4. The van der Waals surface area contributed by atoms with Crippen molar-refractivity contribution in [3.63, 3.8) is 0 Å². The van der Waals surface area contributed by atoms with Gasteiger partial charge in [0, 0.05) is 28.7 Å². The molecule has 21 heavy (non-hydrogen) atoms. The lowest BCUT2D eigenvalue weighted by molar-refractivity contribution is 0.794. The van der Waals surface area contributed by atoms with Crippen LogP contribution in [0.4, 0.5) is 5.69 Å². The zero-order valence-electron chi connectivity index (χ0n) is 11.9. The maximum absolute atomic E-state index is 6.02. The maximum Gasteiger partial charge on any atom is 0.107 e. The van der Waals surface area contributed by atoms with Gasteiger partial charge in [-0.15, -0.1) is 11.8 Å². The van der Waals surface area contributed by atoms with E-state index in [1.807, 2.05) is 0 Å². The molecular formula is C16H18N2S3. The third-order valence-electron chi connectivity index (χ3n) is 3.70. The van der Waals surface area contributed by atoms with Crippen LogP contribution in [0.5, 0.6) is 0 Å². The highest BCUT2D eigenvalue weighted by atomic mass is 32.2. The van der Waals surface area contributed by atoms with Crippen LogP contribution < -0.4 is 10.6 Å². The molecule has 2 aromatic rings. The first-order chi connectivity index (χ1) is 10.2. The van der Waals surface area contributed by atoms with E-state index in [0.717, 1.165) is 17.0 Å². The second-order valence-electron chi connectivity index (χ2n) is 5.21. The Kier molecular flexibility index (Phi) is 4.52. The average molecular weight is 335 g/mol. The van der Waals surface area contributed by atoms with Gasteiger partial charge in [-0.2, -0.15) is 11.3 Å². The lowest BCUT2D eigenvalue weighted by Gasteiger charge is -2.27. The number of rotatable bonds is 6. The van der Waals surface area contributed by atoms with Crippen LogP contribution in [0.1, 0.15) is 24.0 Å². The molecule has 1 aromatic carbocycles. The van der Waals surface area contributed by atoms with E-state index in [-0.39, 0.29) is 0 Å². The Morgan fingerprint density at radius 2 is 2.24 bits per heavy atom. The Morgan fingerprint density at radius 3 is 2.81 bits per heavy atom. The van der Waals surface area contributed by atoms with Crippen molar-refractivity contribution >= 4 is 46.0 Å². The normalized spacial score (nSPS) is 14.1. The largest absolute Gasteiger partial charge is 0.389 e. The number of thiocarbonyl (C=S) groups is 1. The Bertz CT molecular complexity index is 633. The number of benzene rings is 1. The summed E-state index contributed by atoms with van der Waals surface area (Å²) in [6, 6.07) is 9.16. The molecule has 3 rings (SSSR count). The van der Waals surface area contributed by atoms with Gasteiger partial charge < -0.3 is 10.6 Å². The monoisotopic (exact) mass is 334 g/mol. The quantitative estimate of drug-likeness (QED) is 0.631. The van der Waals surface area contributed by atoms with Gasteiger partial charge in [0.2, 0.25) is 0 Å². The van der Waals surface area contributed by atoms with E-state index in [1.54, 1.807) is 23.1 Å². The highest BCUT2D eigenvalue weighted by molar-refractivity contribution is 7.98. The molecule has 1 fully saturated rings. The highest BCUT2D eigenvalue weighted by Crippen LogP contribution is 2.38. The van der Waals surface area contributed by atoms with Crippen LogP contribution >= 0.6 is 35.3 Å². The molecule has 0 radical (unpaired) electrons. The molecule has 2 nitrogen and oxygen atoms in total. The lowest BCUT2D eigenvalue weighted by Crippen LogP contribution is -2.28. The third-order valence-corrected chi connectivity index (χ3v) is 5.42.